The van der Waals surface area contributed by atoms with Crippen LogP contribution in [0, 0.1) is 5.92 Å². The van der Waals surface area contributed by atoms with Crippen molar-refractivity contribution in [2.45, 2.75) is 39.3 Å². The molecule has 5 heteroatoms. The van der Waals surface area contributed by atoms with Gasteiger partial charge in [-0.3, -0.25) is 4.90 Å². The number of furan rings is 1. The van der Waals surface area contributed by atoms with Crippen molar-refractivity contribution in [3.63, 3.8) is 0 Å². The van der Waals surface area contributed by atoms with Crippen molar-refractivity contribution in [3.8, 4) is 0 Å². The summed E-state index contributed by atoms with van der Waals surface area (Å²) >= 11 is 0. The summed E-state index contributed by atoms with van der Waals surface area (Å²) in [6.07, 6.45) is 4.01. The standard InChI is InChI=1S/C16H26N2O3/c1-12(2)17-9-13-5-4-7-18(10-13)11-15-14(6-8-21-15)16(19)20-3/h6,8,12-13,17H,4-5,7,9-11H2,1-3H3. The molecule has 0 amide bonds. The van der Waals surface area contributed by atoms with Gasteiger partial charge < -0.3 is 14.5 Å². The van der Waals surface area contributed by atoms with E-state index < -0.39 is 0 Å². The SMILES string of the molecule is COC(=O)c1ccoc1CN1CCCC(CNC(C)C)C1. The van der Waals surface area contributed by atoms with Gasteiger partial charge in [0.25, 0.3) is 0 Å². The third-order valence-corrected chi connectivity index (χ3v) is 3.94. The van der Waals surface area contributed by atoms with Gasteiger partial charge in [-0.1, -0.05) is 13.8 Å². The van der Waals surface area contributed by atoms with Gasteiger partial charge in [-0.2, -0.15) is 0 Å². The predicted molar refractivity (Wildman–Crippen MR) is 81.2 cm³/mol. The first-order valence-corrected chi connectivity index (χ1v) is 7.70. The van der Waals surface area contributed by atoms with Gasteiger partial charge in [0, 0.05) is 12.6 Å². The summed E-state index contributed by atoms with van der Waals surface area (Å²) in [6.45, 7) is 8.17. The van der Waals surface area contributed by atoms with Crippen LogP contribution in [0.3, 0.4) is 0 Å². The third-order valence-electron chi connectivity index (χ3n) is 3.94. The van der Waals surface area contributed by atoms with E-state index in [0.717, 1.165) is 19.6 Å². The minimum absolute atomic E-state index is 0.325. The van der Waals surface area contributed by atoms with Crippen LogP contribution < -0.4 is 5.32 Å². The molecule has 0 aromatic carbocycles. The summed E-state index contributed by atoms with van der Waals surface area (Å²) in [6, 6.07) is 2.21. The minimum atomic E-state index is -0.325. The Balaban J connectivity index is 1.90. The van der Waals surface area contributed by atoms with E-state index in [1.165, 1.54) is 20.0 Å². The van der Waals surface area contributed by atoms with Crippen LogP contribution in [-0.2, 0) is 11.3 Å². The Bertz CT molecular complexity index is 456. The monoisotopic (exact) mass is 294 g/mol. The molecule has 0 bridgehead atoms. The van der Waals surface area contributed by atoms with E-state index in [2.05, 4.69) is 24.1 Å². The summed E-state index contributed by atoms with van der Waals surface area (Å²) in [5.41, 5.74) is 0.542. The minimum Gasteiger partial charge on any atom is -0.467 e. The normalized spacial score (nSPS) is 19.9. The van der Waals surface area contributed by atoms with Gasteiger partial charge in [-0.05, 0) is 37.9 Å². The van der Waals surface area contributed by atoms with Crippen molar-refractivity contribution in [1.82, 2.24) is 10.2 Å². The van der Waals surface area contributed by atoms with Gasteiger partial charge in [0.15, 0.2) is 0 Å². The zero-order valence-electron chi connectivity index (χ0n) is 13.2. The second-order valence-corrected chi connectivity index (χ2v) is 6.06. The van der Waals surface area contributed by atoms with Crippen molar-refractivity contribution in [2.75, 3.05) is 26.7 Å². The summed E-state index contributed by atoms with van der Waals surface area (Å²) in [4.78, 5) is 14.0. The first-order valence-electron chi connectivity index (χ1n) is 7.70. The summed E-state index contributed by atoms with van der Waals surface area (Å²) in [5.74, 6) is 1.05. The topological polar surface area (TPSA) is 54.7 Å². The van der Waals surface area contributed by atoms with Gasteiger partial charge in [0.05, 0.1) is 19.9 Å². The lowest BCUT2D eigenvalue weighted by molar-refractivity contribution is 0.0595. The fourth-order valence-corrected chi connectivity index (χ4v) is 2.82. The average molecular weight is 294 g/mol. The van der Waals surface area contributed by atoms with Crippen molar-refractivity contribution in [2.24, 2.45) is 5.92 Å². The number of hydrogen-bond donors (Lipinski definition) is 1. The summed E-state index contributed by atoms with van der Waals surface area (Å²) < 4.78 is 10.2. The average Bonchev–Trinajstić information content (AvgIpc) is 2.93. The van der Waals surface area contributed by atoms with E-state index in [9.17, 15) is 4.79 Å². The molecule has 1 unspecified atom stereocenters. The highest BCUT2D eigenvalue weighted by molar-refractivity contribution is 5.90. The van der Waals surface area contributed by atoms with Gasteiger partial charge in [-0.25, -0.2) is 4.79 Å². The molecule has 1 aromatic rings. The number of rotatable bonds is 6. The van der Waals surface area contributed by atoms with E-state index in [1.54, 1.807) is 12.3 Å². The number of hydrogen-bond acceptors (Lipinski definition) is 5. The maximum absolute atomic E-state index is 11.7. The zero-order valence-corrected chi connectivity index (χ0v) is 13.2. The Morgan fingerprint density at radius 3 is 3.10 bits per heavy atom. The molecule has 1 atom stereocenters. The number of nitrogens with zero attached hydrogens (tertiary/aromatic N) is 1. The zero-order chi connectivity index (χ0) is 15.2. The highest BCUT2D eigenvalue weighted by Crippen LogP contribution is 2.20. The molecule has 2 rings (SSSR count). The molecular weight excluding hydrogens is 268 g/mol. The first kappa shape index (κ1) is 16.0. The largest absolute Gasteiger partial charge is 0.467 e. The van der Waals surface area contributed by atoms with Crippen molar-refractivity contribution in [1.29, 1.82) is 0 Å². The van der Waals surface area contributed by atoms with Gasteiger partial charge in [0.1, 0.15) is 11.3 Å². The number of likely N-dealkylation sites (tertiary alicyclic amines) is 1. The van der Waals surface area contributed by atoms with Crippen molar-refractivity contribution in [3.05, 3.63) is 23.7 Å². The van der Waals surface area contributed by atoms with E-state index in [1.807, 2.05) is 0 Å². The quantitative estimate of drug-likeness (QED) is 0.816. The second kappa shape index (κ2) is 7.61. The van der Waals surface area contributed by atoms with Crippen LogP contribution in [0.1, 0.15) is 42.8 Å². The molecule has 0 saturated carbocycles. The molecule has 1 fully saturated rings. The molecular formula is C16H26N2O3. The van der Waals surface area contributed by atoms with Gasteiger partial charge in [-0.15, -0.1) is 0 Å². The summed E-state index contributed by atoms with van der Waals surface area (Å²) in [7, 11) is 1.40. The van der Waals surface area contributed by atoms with Crippen LogP contribution >= 0.6 is 0 Å². The van der Waals surface area contributed by atoms with E-state index in [0.29, 0.717) is 29.8 Å². The molecule has 0 spiro atoms. The molecule has 0 radical (unpaired) electrons. The Morgan fingerprint density at radius 2 is 2.38 bits per heavy atom. The molecule has 0 aliphatic carbocycles. The number of esters is 1. The maximum atomic E-state index is 11.7. The fraction of sp³-hybridized carbons (Fsp3) is 0.688. The fourth-order valence-electron chi connectivity index (χ4n) is 2.82. The number of piperidine rings is 1. The lowest BCUT2D eigenvalue weighted by atomic mass is 9.97. The highest BCUT2D eigenvalue weighted by atomic mass is 16.5. The predicted octanol–water partition coefficient (Wildman–Crippen LogP) is 2.28. The highest BCUT2D eigenvalue weighted by Gasteiger charge is 2.23. The number of ether oxygens (including phenoxy) is 1. The Morgan fingerprint density at radius 1 is 1.57 bits per heavy atom. The van der Waals surface area contributed by atoms with Gasteiger partial charge in [0.2, 0.25) is 0 Å². The maximum Gasteiger partial charge on any atom is 0.341 e. The number of nitrogens with one attached hydrogen (secondary N) is 1. The van der Waals surface area contributed by atoms with Crippen LogP contribution in [0.5, 0.6) is 0 Å². The van der Waals surface area contributed by atoms with Crippen LogP contribution in [0.4, 0.5) is 0 Å². The molecule has 5 nitrogen and oxygen atoms in total. The van der Waals surface area contributed by atoms with Crippen molar-refractivity contribution < 1.29 is 13.9 Å². The molecule has 1 saturated heterocycles. The molecule has 1 aliphatic rings. The molecule has 21 heavy (non-hydrogen) atoms. The number of carbonyl (C=O) groups is 1. The van der Waals surface area contributed by atoms with E-state index >= 15 is 0 Å². The third kappa shape index (κ3) is 4.58. The van der Waals surface area contributed by atoms with Crippen LogP contribution in [0.25, 0.3) is 0 Å². The van der Waals surface area contributed by atoms with Crippen LogP contribution in [0.15, 0.2) is 16.7 Å². The second-order valence-electron chi connectivity index (χ2n) is 6.06. The van der Waals surface area contributed by atoms with E-state index in [-0.39, 0.29) is 5.97 Å². The van der Waals surface area contributed by atoms with Crippen molar-refractivity contribution >= 4 is 5.97 Å². The summed E-state index contributed by atoms with van der Waals surface area (Å²) in [5, 5.41) is 3.51. The Labute approximate surface area is 126 Å². The lowest BCUT2D eigenvalue weighted by Gasteiger charge is -2.32. The molecule has 118 valence electrons. The Hall–Kier alpha value is -1.33. The molecule has 1 aliphatic heterocycles. The number of methoxy groups -OCH3 is 1. The Kier molecular flexibility index (Phi) is 5.82. The van der Waals surface area contributed by atoms with Gasteiger partial charge >= 0.3 is 5.97 Å². The van der Waals surface area contributed by atoms with E-state index in [4.69, 9.17) is 9.15 Å². The molecule has 2 heterocycles. The lowest BCUT2D eigenvalue weighted by Crippen LogP contribution is -2.40. The molecule has 1 aromatic heterocycles. The first-order chi connectivity index (χ1) is 10.1. The van der Waals surface area contributed by atoms with Crippen LogP contribution in [0.2, 0.25) is 0 Å². The molecule has 1 N–H and O–H groups in total. The number of carbonyl (C=O) groups excluding carboxylic acids is 1. The van der Waals surface area contributed by atoms with Crippen LogP contribution in [-0.4, -0.2) is 43.7 Å². The smallest absolute Gasteiger partial charge is 0.341 e.